The molecule has 0 radical (unpaired) electrons. The van der Waals surface area contributed by atoms with Crippen molar-refractivity contribution in [3.8, 4) is 0 Å². The molecular weight excluding hydrogens is 670 g/mol. The molecule has 12 nitrogen and oxygen atoms in total. The molecule has 0 unspecified atom stereocenters. The van der Waals surface area contributed by atoms with Gasteiger partial charge in [-0.2, -0.15) is 0 Å². The standard InChI is InChI=1S/3C10H9NO3S.Al/c3*11-9-5-6-10(15(12,13)14)8-4-2-1-3-7(8)9;/h3*1-6H,11H2,(H,12,13,14);/q;;;+3/p-3. The van der Waals surface area contributed by atoms with E-state index in [1.54, 1.807) is 72.8 Å². The molecule has 0 saturated heterocycles. The van der Waals surface area contributed by atoms with Crippen LogP contribution in [-0.4, -0.2) is 56.3 Å². The van der Waals surface area contributed by atoms with Crippen molar-refractivity contribution >= 4 is 97.1 Å². The summed E-state index contributed by atoms with van der Waals surface area (Å²) in [6, 6.07) is 27.9. The zero-order chi connectivity index (χ0) is 33.2. The minimum atomic E-state index is -4.45. The maximum absolute atomic E-state index is 11.0. The van der Waals surface area contributed by atoms with Gasteiger partial charge < -0.3 is 30.9 Å². The molecule has 0 bridgehead atoms. The number of fused-ring (bicyclic) bond motifs is 3. The summed E-state index contributed by atoms with van der Waals surface area (Å²) in [5, 5.41) is 2.84. The summed E-state index contributed by atoms with van der Waals surface area (Å²) in [7, 11) is -13.4. The maximum Gasteiger partial charge on any atom is 3.00 e. The molecule has 0 aliphatic rings. The normalized spacial score (nSPS) is 11.5. The van der Waals surface area contributed by atoms with E-state index in [9.17, 15) is 38.9 Å². The third-order valence-electron chi connectivity index (χ3n) is 6.56. The fraction of sp³-hybridized carbons (Fsp3) is 0. The minimum absolute atomic E-state index is 0. The first-order chi connectivity index (χ1) is 21.0. The van der Waals surface area contributed by atoms with Crippen molar-refractivity contribution in [1.29, 1.82) is 0 Å². The average Bonchev–Trinajstić information content (AvgIpc) is 2.97. The third kappa shape index (κ3) is 8.12. The molecule has 6 aromatic rings. The van der Waals surface area contributed by atoms with Crippen molar-refractivity contribution in [2.45, 2.75) is 14.7 Å². The first-order valence-corrected chi connectivity index (χ1v) is 16.9. The minimum Gasteiger partial charge on any atom is -0.744 e. The monoisotopic (exact) mass is 693 g/mol. The molecule has 6 rings (SSSR count). The Morgan fingerprint density at radius 1 is 0.348 bits per heavy atom. The van der Waals surface area contributed by atoms with Gasteiger partial charge in [0, 0.05) is 49.4 Å². The van der Waals surface area contributed by atoms with Crippen LogP contribution < -0.4 is 17.2 Å². The first-order valence-electron chi connectivity index (χ1n) is 12.7. The molecule has 0 aliphatic heterocycles. The summed E-state index contributed by atoms with van der Waals surface area (Å²) in [4.78, 5) is -0.688. The molecule has 0 spiro atoms. The molecule has 0 fully saturated rings. The van der Waals surface area contributed by atoms with Crippen molar-refractivity contribution in [2.75, 3.05) is 17.2 Å². The maximum atomic E-state index is 11.0. The fourth-order valence-corrected chi connectivity index (χ4v) is 6.58. The Hall–Kier alpha value is -4.24. The second kappa shape index (κ2) is 14.0. The van der Waals surface area contributed by atoms with Crippen LogP contribution in [0.1, 0.15) is 0 Å². The summed E-state index contributed by atoms with van der Waals surface area (Å²) in [5.41, 5.74) is 18.4. The molecule has 0 amide bonds. The SMILES string of the molecule is Nc1ccc(S(=O)(=O)[O-])c2ccccc12.Nc1ccc(S(=O)(=O)[O-])c2ccccc12.Nc1ccc(S(=O)(=O)[O-])c2ccccc12.[Al+3]. The van der Waals surface area contributed by atoms with E-state index >= 15 is 0 Å². The number of nitrogen functional groups attached to an aromatic ring is 3. The number of benzene rings is 6. The van der Waals surface area contributed by atoms with Gasteiger partial charge in [-0.25, -0.2) is 25.3 Å². The van der Waals surface area contributed by atoms with Crippen LogP contribution in [0.25, 0.3) is 32.3 Å². The van der Waals surface area contributed by atoms with Crippen LogP contribution in [-0.2, 0) is 30.4 Å². The molecule has 0 aliphatic carbocycles. The first kappa shape index (κ1) is 36.2. The largest absolute Gasteiger partial charge is 3.00 e. The van der Waals surface area contributed by atoms with E-state index < -0.39 is 30.4 Å². The Morgan fingerprint density at radius 3 is 0.739 bits per heavy atom. The second-order valence-corrected chi connectivity index (χ2v) is 13.5. The molecule has 0 saturated carbocycles. The molecule has 234 valence electrons. The third-order valence-corrected chi connectivity index (χ3v) is 9.25. The summed E-state index contributed by atoms with van der Waals surface area (Å²) in [5.74, 6) is 0. The van der Waals surface area contributed by atoms with Crippen molar-refractivity contribution < 1.29 is 38.9 Å². The molecule has 0 aromatic heterocycles. The van der Waals surface area contributed by atoms with Crippen molar-refractivity contribution in [1.82, 2.24) is 0 Å². The van der Waals surface area contributed by atoms with E-state index in [2.05, 4.69) is 0 Å². The number of rotatable bonds is 3. The van der Waals surface area contributed by atoms with Gasteiger partial charge in [0.05, 0.1) is 14.7 Å². The van der Waals surface area contributed by atoms with Crippen LogP contribution in [0.4, 0.5) is 17.1 Å². The van der Waals surface area contributed by atoms with E-state index in [1.165, 1.54) is 36.4 Å². The van der Waals surface area contributed by atoms with Gasteiger partial charge in [-0.05, 0) is 36.4 Å². The smallest absolute Gasteiger partial charge is 0.744 e. The number of nitrogens with two attached hydrogens (primary N) is 3. The van der Waals surface area contributed by atoms with Crippen LogP contribution in [0, 0.1) is 0 Å². The van der Waals surface area contributed by atoms with Crippen LogP contribution in [0.3, 0.4) is 0 Å². The number of hydrogen-bond acceptors (Lipinski definition) is 12. The number of anilines is 3. The van der Waals surface area contributed by atoms with E-state index in [1.807, 2.05) is 0 Å². The van der Waals surface area contributed by atoms with Gasteiger partial charge in [-0.15, -0.1) is 0 Å². The quantitative estimate of drug-likeness (QED) is 0.137. The fourth-order valence-electron chi connectivity index (χ4n) is 4.54. The van der Waals surface area contributed by atoms with Crippen LogP contribution in [0.5, 0.6) is 0 Å². The zero-order valence-electron chi connectivity index (χ0n) is 23.6. The van der Waals surface area contributed by atoms with Gasteiger partial charge in [-0.3, -0.25) is 0 Å². The van der Waals surface area contributed by atoms with E-state index in [-0.39, 0.29) is 32.0 Å². The zero-order valence-corrected chi connectivity index (χ0v) is 27.2. The van der Waals surface area contributed by atoms with Gasteiger partial charge in [0.15, 0.2) is 0 Å². The molecular formula is C30H24AlN3O9S3. The van der Waals surface area contributed by atoms with Crippen molar-refractivity contribution in [3.63, 3.8) is 0 Å². The van der Waals surface area contributed by atoms with Crippen molar-refractivity contribution in [3.05, 3.63) is 109 Å². The van der Waals surface area contributed by atoms with Gasteiger partial charge in [0.2, 0.25) is 0 Å². The topological polar surface area (TPSA) is 250 Å². The Labute approximate surface area is 275 Å². The number of hydrogen-bond donors (Lipinski definition) is 3. The Balaban J connectivity index is 0.000000186. The molecule has 6 aromatic carbocycles. The predicted octanol–water partition coefficient (Wildman–Crippen LogP) is 3.60. The van der Waals surface area contributed by atoms with Gasteiger partial charge in [0.1, 0.15) is 30.4 Å². The van der Waals surface area contributed by atoms with Crippen LogP contribution >= 0.6 is 0 Å². The van der Waals surface area contributed by atoms with Crippen LogP contribution in [0.15, 0.2) is 124 Å². The molecule has 6 N–H and O–H groups in total. The van der Waals surface area contributed by atoms with Gasteiger partial charge >= 0.3 is 17.4 Å². The van der Waals surface area contributed by atoms with E-state index in [0.717, 1.165) is 0 Å². The molecule has 46 heavy (non-hydrogen) atoms. The van der Waals surface area contributed by atoms with Crippen molar-refractivity contribution in [2.24, 2.45) is 0 Å². The Bertz CT molecular complexity index is 2130. The van der Waals surface area contributed by atoms with Gasteiger partial charge in [-0.1, -0.05) is 72.8 Å². The Kier molecular flexibility index (Phi) is 11.1. The predicted molar refractivity (Wildman–Crippen MR) is 175 cm³/mol. The van der Waals surface area contributed by atoms with Crippen LogP contribution in [0.2, 0.25) is 0 Å². The molecule has 16 heteroatoms. The summed E-state index contributed by atoms with van der Waals surface area (Å²) in [6.45, 7) is 0. The Morgan fingerprint density at radius 2 is 0.543 bits per heavy atom. The van der Waals surface area contributed by atoms with Gasteiger partial charge in [0.25, 0.3) is 0 Å². The average molecular weight is 694 g/mol. The van der Waals surface area contributed by atoms with E-state index in [4.69, 9.17) is 17.2 Å². The summed E-state index contributed by atoms with van der Waals surface area (Å²) >= 11 is 0. The molecule has 0 atom stereocenters. The summed E-state index contributed by atoms with van der Waals surface area (Å²) in [6.07, 6.45) is 0. The second-order valence-electron chi connectivity index (χ2n) is 9.46. The van der Waals surface area contributed by atoms with E-state index in [0.29, 0.717) is 49.4 Å². The molecule has 0 heterocycles. The summed E-state index contributed by atoms with van der Waals surface area (Å²) < 4.78 is 98.7.